The first-order chi connectivity index (χ1) is 7.65. The number of carbonyl (C=O) groups is 1. The Morgan fingerprint density at radius 1 is 1.62 bits per heavy atom. The topological polar surface area (TPSA) is 29.5 Å². The van der Waals surface area contributed by atoms with Crippen molar-refractivity contribution >= 4 is 33.2 Å². The maximum absolute atomic E-state index is 11.2. The SMILES string of the molecule is CCCN(CC(=O)OC)Cc1cc(Br)cs1. The van der Waals surface area contributed by atoms with Crippen molar-refractivity contribution < 1.29 is 9.53 Å². The molecule has 16 heavy (non-hydrogen) atoms. The maximum Gasteiger partial charge on any atom is 0.319 e. The Bertz CT molecular complexity index is 340. The molecule has 0 saturated carbocycles. The van der Waals surface area contributed by atoms with Crippen LogP contribution in [0.2, 0.25) is 0 Å². The third kappa shape index (κ3) is 4.63. The highest BCUT2D eigenvalue weighted by molar-refractivity contribution is 9.10. The van der Waals surface area contributed by atoms with Crippen LogP contribution in [-0.4, -0.2) is 31.1 Å². The minimum Gasteiger partial charge on any atom is -0.468 e. The van der Waals surface area contributed by atoms with Gasteiger partial charge in [0.15, 0.2) is 0 Å². The second kappa shape index (κ2) is 7.04. The molecular weight excluding hydrogens is 290 g/mol. The van der Waals surface area contributed by atoms with Crippen LogP contribution in [0.5, 0.6) is 0 Å². The number of halogens is 1. The van der Waals surface area contributed by atoms with Crippen molar-refractivity contribution in [1.82, 2.24) is 4.90 Å². The summed E-state index contributed by atoms with van der Waals surface area (Å²) in [7, 11) is 1.42. The van der Waals surface area contributed by atoms with E-state index in [1.807, 2.05) is 0 Å². The van der Waals surface area contributed by atoms with E-state index in [2.05, 4.69) is 43.9 Å². The maximum atomic E-state index is 11.2. The highest BCUT2D eigenvalue weighted by Gasteiger charge is 2.11. The molecule has 0 spiro atoms. The Kier molecular flexibility index (Phi) is 6.01. The summed E-state index contributed by atoms with van der Waals surface area (Å²) in [6.45, 7) is 4.18. The monoisotopic (exact) mass is 305 g/mol. The van der Waals surface area contributed by atoms with Gasteiger partial charge in [0.25, 0.3) is 0 Å². The number of methoxy groups -OCH3 is 1. The zero-order valence-electron chi connectivity index (χ0n) is 9.53. The summed E-state index contributed by atoms with van der Waals surface area (Å²) in [5.74, 6) is -0.177. The predicted molar refractivity (Wildman–Crippen MR) is 69.6 cm³/mol. The van der Waals surface area contributed by atoms with E-state index in [4.69, 9.17) is 0 Å². The van der Waals surface area contributed by atoms with Crippen LogP contribution in [0.25, 0.3) is 0 Å². The molecule has 0 amide bonds. The van der Waals surface area contributed by atoms with Crippen molar-refractivity contribution in [2.45, 2.75) is 19.9 Å². The van der Waals surface area contributed by atoms with Gasteiger partial charge in [-0.3, -0.25) is 9.69 Å². The molecule has 0 atom stereocenters. The molecule has 0 unspecified atom stereocenters. The van der Waals surface area contributed by atoms with Gasteiger partial charge in [-0.2, -0.15) is 0 Å². The zero-order chi connectivity index (χ0) is 12.0. The standard InChI is InChI=1S/C11H16BrNO2S/c1-3-4-13(7-11(14)15-2)6-10-5-9(12)8-16-10/h5,8H,3-4,6-7H2,1-2H3. The summed E-state index contributed by atoms with van der Waals surface area (Å²) in [6.07, 6.45) is 1.03. The molecule has 0 fully saturated rings. The second-order valence-electron chi connectivity index (χ2n) is 3.52. The van der Waals surface area contributed by atoms with Crippen LogP contribution in [0.15, 0.2) is 15.9 Å². The molecule has 1 heterocycles. The van der Waals surface area contributed by atoms with Gasteiger partial charge in [-0.05, 0) is 35.0 Å². The Labute approximate surface area is 109 Å². The highest BCUT2D eigenvalue weighted by atomic mass is 79.9. The smallest absolute Gasteiger partial charge is 0.319 e. The van der Waals surface area contributed by atoms with Gasteiger partial charge in [-0.1, -0.05) is 6.92 Å². The van der Waals surface area contributed by atoms with Crippen LogP contribution in [0.3, 0.4) is 0 Å². The lowest BCUT2D eigenvalue weighted by Crippen LogP contribution is -2.30. The first-order valence-corrected chi connectivity index (χ1v) is 6.85. The fourth-order valence-corrected chi connectivity index (χ4v) is 2.93. The molecule has 0 aliphatic rings. The first-order valence-electron chi connectivity index (χ1n) is 5.17. The van der Waals surface area contributed by atoms with Gasteiger partial charge in [-0.25, -0.2) is 0 Å². The van der Waals surface area contributed by atoms with E-state index in [0.29, 0.717) is 6.54 Å². The molecule has 0 N–H and O–H groups in total. The van der Waals surface area contributed by atoms with Gasteiger partial charge in [0, 0.05) is 21.3 Å². The molecule has 5 heteroatoms. The molecule has 0 aliphatic heterocycles. The molecule has 0 saturated heterocycles. The van der Waals surface area contributed by atoms with E-state index in [1.54, 1.807) is 11.3 Å². The van der Waals surface area contributed by atoms with Crippen LogP contribution in [-0.2, 0) is 16.1 Å². The van der Waals surface area contributed by atoms with Crippen LogP contribution in [0, 0.1) is 0 Å². The second-order valence-corrected chi connectivity index (χ2v) is 5.43. The first kappa shape index (κ1) is 13.7. The zero-order valence-corrected chi connectivity index (χ0v) is 11.9. The summed E-state index contributed by atoms with van der Waals surface area (Å²) in [6, 6.07) is 2.09. The lowest BCUT2D eigenvalue weighted by atomic mass is 10.3. The highest BCUT2D eigenvalue weighted by Crippen LogP contribution is 2.21. The summed E-state index contributed by atoms with van der Waals surface area (Å²) in [5.41, 5.74) is 0. The normalized spacial score (nSPS) is 10.8. The van der Waals surface area contributed by atoms with E-state index in [1.165, 1.54) is 12.0 Å². The van der Waals surface area contributed by atoms with Crippen LogP contribution >= 0.6 is 27.3 Å². The van der Waals surface area contributed by atoms with E-state index >= 15 is 0 Å². The molecule has 0 aromatic carbocycles. The minimum absolute atomic E-state index is 0.177. The Morgan fingerprint density at radius 3 is 2.88 bits per heavy atom. The molecule has 1 rings (SSSR count). The van der Waals surface area contributed by atoms with Crippen molar-refractivity contribution in [3.05, 3.63) is 20.8 Å². The number of nitrogens with zero attached hydrogens (tertiary/aromatic N) is 1. The van der Waals surface area contributed by atoms with Crippen molar-refractivity contribution in [2.24, 2.45) is 0 Å². The number of ether oxygens (including phenoxy) is 1. The number of hydrogen-bond acceptors (Lipinski definition) is 4. The fraction of sp³-hybridized carbons (Fsp3) is 0.545. The molecule has 1 aromatic heterocycles. The Hall–Kier alpha value is -0.390. The average Bonchev–Trinajstić information content (AvgIpc) is 2.64. The molecule has 0 aliphatic carbocycles. The average molecular weight is 306 g/mol. The van der Waals surface area contributed by atoms with Crippen molar-refractivity contribution in [3.8, 4) is 0 Å². The van der Waals surface area contributed by atoms with E-state index in [9.17, 15) is 4.79 Å². The van der Waals surface area contributed by atoms with E-state index in [0.717, 1.165) is 24.0 Å². The minimum atomic E-state index is -0.177. The van der Waals surface area contributed by atoms with Gasteiger partial charge in [0.1, 0.15) is 0 Å². The molecule has 0 radical (unpaired) electrons. The third-order valence-electron chi connectivity index (χ3n) is 2.12. The van der Waals surface area contributed by atoms with Crippen LogP contribution < -0.4 is 0 Å². The van der Waals surface area contributed by atoms with Gasteiger partial charge < -0.3 is 4.74 Å². The Balaban J connectivity index is 2.53. The van der Waals surface area contributed by atoms with Crippen LogP contribution in [0.1, 0.15) is 18.2 Å². The number of hydrogen-bond donors (Lipinski definition) is 0. The number of esters is 1. The molecule has 1 aromatic rings. The van der Waals surface area contributed by atoms with E-state index in [-0.39, 0.29) is 5.97 Å². The third-order valence-corrected chi connectivity index (χ3v) is 3.80. The van der Waals surface area contributed by atoms with Crippen molar-refractivity contribution in [3.63, 3.8) is 0 Å². The van der Waals surface area contributed by atoms with Crippen LogP contribution in [0.4, 0.5) is 0 Å². The van der Waals surface area contributed by atoms with Crippen molar-refractivity contribution in [1.29, 1.82) is 0 Å². The van der Waals surface area contributed by atoms with Gasteiger partial charge >= 0.3 is 5.97 Å². The van der Waals surface area contributed by atoms with Gasteiger partial charge in [0.05, 0.1) is 13.7 Å². The lowest BCUT2D eigenvalue weighted by molar-refractivity contribution is -0.142. The summed E-state index contributed by atoms with van der Waals surface area (Å²) in [4.78, 5) is 14.6. The summed E-state index contributed by atoms with van der Waals surface area (Å²) < 4.78 is 5.78. The Morgan fingerprint density at radius 2 is 2.38 bits per heavy atom. The molecule has 90 valence electrons. The van der Waals surface area contributed by atoms with E-state index < -0.39 is 0 Å². The lowest BCUT2D eigenvalue weighted by Gasteiger charge is -2.19. The molecular formula is C11H16BrNO2S. The predicted octanol–water partition coefficient (Wildman–Crippen LogP) is 2.90. The summed E-state index contributed by atoms with van der Waals surface area (Å²) in [5, 5.41) is 2.05. The van der Waals surface area contributed by atoms with Crippen molar-refractivity contribution in [2.75, 3.05) is 20.2 Å². The number of rotatable bonds is 6. The number of carbonyl (C=O) groups excluding carboxylic acids is 1. The van der Waals surface area contributed by atoms with Gasteiger partial charge in [0.2, 0.25) is 0 Å². The number of thiophene rings is 1. The molecule has 3 nitrogen and oxygen atoms in total. The van der Waals surface area contributed by atoms with Gasteiger partial charge in [-0.15, -0.1) is 11.3 Å². The molecule has 0 bridgehead atoms. The largest absolute Gasteiger partial charge is 0.468 e. The summed E-state index contributed by atoms with van der Waals surface area (Å²) >= 11 is 5.12. The fourth-order valence-electron chi connectivity index (χ4n) is 1.43. The quantitative estimate of drug-likeness (QED) is 0.757.